The van der Waals surface area contributed by atoms with E-state index in [4.69, 9.17) is 14.2 Å². The maximum absolute atomic E-state index is 14.0. The van der Waals surface area contributed by atoms with E-state index in [1.54, 1.807) is 20.8 Å². The summed E-state index contributed by atoms with van der Waals surface area (Å²) in [6.45, 7) is 10.1. The number of nitrogens with zero attached hydrogens (tertiary/aromatic N) is 1. The fourth-order valence-corrected chi connectivity index (χ4v) is 4.46. The van der Waals surface area contributed by atoms with Crippen molar-refractivity contribution in [1.82, 2.24) is 4.90 Å². The van der Waals surface area contributed by atoms with Crippen LogP contribution >= 0.6 is 0 Å². The summed E-state index contributed by atoms with van der Waals surface area (Å²) in [7, 11) is 0. The Bertz CT molecular complexity index is 1030. The van der Waals surface area contributed by atoms with Gasteiger partial charge >= 0.3 is 12.1 Å². The first-order valence-electron chi connectivity index (χ1n) is 12.9. The van der Waals surface area contributed by atoms with Crippen molar-refractivity contribution >= 4 is 18.0 Å². The average molecular weight is 510 g/mol. The summed E-state index contributed by atoms with van der Waals surface area (Å²) in [5.74, 6) is -2.49. The summed E-state index contributed by atoms with van der Waals surface area (Å²) in [6.07, 6.45) is -0.0955. The van der Waals surface area contributed by atoms with E-state index in [9.17, 15) is 14.4 Å². The molecule has 2 aromatic rings. The summed E-state index contributed by atoms with van der Waals surface area (Å²) in [6, 6.07) is 18.9. The van der Waals surface area contributed by atoms with Crippen molar-refractivity contribution < 1.29 is 28.6 Å². The van der Waals surface area contributed by atoms with Crippen LogP contribution in [0, 0.1) is 17.8 Å². The van der Waals surface area contributed by atoms with Crippen LogP contribution in [-0.4, -0.2) is 47.7 Å². The Morgan fingerprint density at radius 3 is 2.14 bits per heavy atom. The number of carbonyl (C=O) groups excluding carboxylic acids is 3. The number of hydrogen-bond acceptors (Lipinski definition) is 6. The number of esters is 1. The number of amides is 2. The molecule has 7 nitrogen and oxygen atoms in total. The number of imide groups is 1. The molecular formula is C30H39NO6. The molecule has 0 spiro atoms. The second-order valence-corrected chi connectivity index (χ2v) is 10.9. The summed E-state index contributed by atoms with van der Waals surface area (Å²) < 4.78 is 16.9. The van der Waals surface area contributed by atoms with Gasteiger partial charge in [-0.05, 0) is 50.7 Å². The van der Waals surface area contributed by atoms with E-state index in [-0.39, 0.29) is 38.0 Å². The third-order valence-corrected chi connectivity index (χ3v) is 6.41. The molecule has 0 radical (unpaired) electrons. The Hall–Kier alpha value is -3.19. The molecule has 0 saturated carbocycles. The van der Waals surface area contributed by atoms with Gasteiger partial charge in [-0.25, -0.2) is 9.69 Å². The number of cyclic esters (lactones) is 1. The maximum atomic E-state index is 14.0. The fraction of sp³-hybridized carbons (Fsp3) is 0.500. The highest BCUT2D eigenvalue weighted by molar-refractivity contribution is 5.97. The van der Waals surface area contributed by atoms with E-state index in [0.717, 1.165) is 11.1 Å². The predicted molar refractivity (Wildman–Crippen MR) is 141 cm³/mol. The van der Waals surface area contributed by atoms with Gasteiger partial charge in [0.15, 0.2) is 0 Å². The lowest BCUT2D eigenvalue weighted by atomic mass is 9.83. The van der Waals surface area contributed by atoms with Crippen LogP contribution in [0.2, 0.25) is 0 Å². The topological polar surface area (TPSA) is 82.1 Å². The Kier molecular flexibility index (Phi) is 9.86. The van der Waals surface area contributed by atoms with Crippen LogP contribution in [0.25, 0.3) is 0 Å². The Morgan fingerprint density at radius 2 is 1.57 bits per heavy atom. The van der Waals surface area contributed by atoms with Gasteiger partial charge in [0.1, 0.15) is 12.2 Å². The highest BCUT2D eigenvalue weighted by atomic mass is 16.6. The lowest BCUT2D eigenvalue weighted by Crippen LogP contribution is -2.49. The van der Waals surface area contributed by atoms with Crippen LogP contribution in [-0.2, 0) is 36.8 Å². The number of carbonyl (C=O) groups is 3. The third kappa shape index (κ3) is 8.15. The zero-order valence-corrected chi connectivity index (χ0v) is 22.5. The van der Waals surface area contributed by atoms with Crippen molar-refractivity contribution in [3.8, 4) is 0 Å². The van der Waals surface area contributed by atoms with E-state index < -0.39 is 35.4 Å². The van der Waals surface area contributed by atoms with E-state index in [2.05, 4.69) is 0 Å². The van der Waals surface area contributed by atoms with Gasteiger partial charge in [0.25, 0.3) is 0 Å². The third-order valence-electron chi connectivity index (χ3n) is 6.41. The standard InChI is InChI=1S/C30H39NO6/c1-21(2)26-20-36-29(34)31(26)27(32)25(18-22-12-8-6-9-13-22)24(28(33)37-30(3,4)5)16-17-35-19-23-14-10-7-11-15-23/h6-15,21,24-26H,16-20H2,1-5H3/t24?,25?,26-/m1/s1. The molecule has 1 fully saturated rings. The van der Waals surface area contributed by atoms with Crippen LogP contribution in [0.3, 0.4) is 0 Å². The van der Waals surface area contributed by atoms with Crippen LogP contribution in [0.5, 0.6) is 0 Å². The van der Waals surface area contributed by atoms with E-state index in [0.29, 0.717) is 6.61 Å². The largest absolute Gasteiger partial charge is 0.460 e. The molecule has 0 aliphatic carbocycles. The lowest BCUT2D eigenvalue weighted by molar-refractivity contribution is -0.166. The number of ether oxygens (including phenoxy) is 3. The smallest absolute Gasteiger partial charge is 0.416 e. The minimum absolute atomic E-state index is 0.0157. The average Bonchev–Trinajstić information content (AvgIpc) is 3.24. The van der Waals surface area contributed by atoms with Crippen molar-refractivity contribution in [2.75, 3.05) is 13.2 Å². The van der Waals surface area contributed by atoms with E-state index >= 15 is 0 Å². The van der Waals surface area contributed by atoms with Gasteiger partial charge in [-0.2, -0.15) is 0 Å². The molecule has 3 rings (SSSR count). The zero-order chi connectivity index (χ0) is 27.0. The number of benzene rings is 2. The monoisotopic (exact) mass is 509 g/mol. The van der Waals surface area contributed by atoms with Gasteiger partial charge in [-0.3, -0.25) is 9.59 Å². The summed E-state index contributed by atoms with van der Waals surface area (Å²) >= 11 is 0. The van der Waals surface area contributed by atoms with Crippen molar-refractivity contribution in [2.45, 2.75) is 65.7 Å². The highest BCUT2D eigenvalue weighted by Crippen LogP contribution is 2.30. The molecule has 3 atom stereocenters. The lowest BCUT2D eigenvalue weighted by Gasteiger charge is -2.32. The van der Waals surface area contributed by atoms with Crippen molar-refractivity contribution in [1.29, 1.82) is 0 Å². The first-order valence-corrected chi connectivity index (χ1v) is 12.9. The van der Waals surface area contributed by atoms with E-state index in [1.165, 1.54) is 4.90 Å². The molecule has 0 bridgehead atoms. The van der Waals surface area contributed by atoms with Crippen molar-refractivity contribution in [3.05, 3.63) is 71.8 Å². The van der Waals surface area contributed by atoms with Gasteiger partial charge in [0, 0.05) is 6.61 Å². The molecule has 1 aliphatic rings. The molecule has 7 heteroatoms. The van der Waals surface area contributed by atoms with Gasteiger partial charge in [-0.15, -0.1) is 0 Å². The molecule has 0 aromatic heterocycles. The van der Waals surface area contributed by atoms with Crippen LogP contribution in [0.15, 0.2) is 60.7 Å². The molecular weight excluding hydrogens is 470 g/mol. The van der Waals surface area contributed by atoms with Crippen molar-refractivity contribution in [2.24, 2.45) is 17.8 Å². The molecule has 1 aliphatic heterocycles. The molecule has 2 amide bonds. The molecule has 200 valence electrons. The fourth-order valence-electron chi connectivity index (χ4n) is 4.46. The summed E-state index contributed by atoms with van der Waals surface area (Å²) in [5, 5.41) is 0. The van der Waals surface area contributed by atoms with Gasteiger partial charge in [0.2, 0.25) is 5.91 Å². The Labute approximate surface area is 220 Å². The minimum Gasteiger partial charge on any atom is -0.460 e. The molecule has 37 heavy (non-hydrogen) atoms. The predicted octanol–water partition coefficient (Wildman–Crippen LogP) is 5.41. The van der Waals surface area contributed by atoms with Gasteiger partial charge in [-0.1, -0.05) is 74.5 Å². The van der Waals surface area contributed by atoms with Crippen LogP contribution < -0.4 is 0 Å². The molecule has 0 N–H and O–H groups in total. The van der Waals surface area contributed by atoms with Crippen LogP contribution in [0.1, 0.15) is 52.2 Å². The molecule has 1 saturated heterocycles. The van der Waals surface area contributed by atoms with Gasteiger partial charge < -0.3 is 14.2 Å². The normalized spacial score (nSPS) is 17.4. The molecule has 2 unspecified atom stereocenters. The minimum atomic E-state index is -0.815. The van der Waals surface area contributed by atoms with Crippen molar-refractivity contribution in [3.63, 3.8) is 0 Å². The Balaban J connectivity index is 1.89. The Morgan fingerprint density at radius 1 is 0.973 bits per heavy atom. The van der Waals surface area contributed by atoms with Crippen LogP contribution in [0.4, 0.5) is 4.79 Å². The van der Waals surface area contributed by atoms with E-state index in [1.807, 2.05) is 74.5 Å². The quantitative estimate of drug-likeness (QED) is 0.297. The second-order valence-electron chi connectivity index (χ2n) is 10.9. The summed E-state index contributed by atoms with van der Waals surface area (Å²) in [4.78, 5) is 41.4. The number of rotatable bonds is 11. The molecule has 1 heterocycles. The first-order chi connectivity index (χ1) is 17.6. The SMILES string of the molecule is CC(C)[C@H]1COC(=O)N1C(=O)C(Cc1ccccc1)C(CCOCc1ccccc1)C(=O)OC(C)(C)C. The summed E-state index contributed by atoms with van der Waals surface area (Å²) in [5.41, 5.74) is 1.19. The number of hydrogen-bond donors (Lipinski definition) is 0. The zero-order valence-electron chi connectivity index (χ0n) is 22.5. The second kappa shape index (κ2) is 12.9. The first kappa shape index (κ1) is 28.4. The van der Waals surface area contributed by atoms with Gasteiger partial charge in [0.05, 0.1) is 24.5 Å². The highest BCUT2D eigenvalue weighted by Gasteiger charge is 2.46. The molecule has 2 aromatic carbocycles. The maximum Gasteiger partial charge on any atom is 0.416 e.